The molecule has 2 rings (SSSR count). The molecule has 0 amide bonds. The van der Waals surface area contributed by atoms with Gasteiger partial charge in [0.1, 0.15) is 23.4 Å². The summed E-state index contributed by atoms with van der Waals surface area (Å²) in [5.74, 6) is 1.30. The number of carbonyl (C=O) groups is 1. The number of aliphatic hydroxyl groups excluding tert-OH is 1. The number of methoxy groups -OCH3 is 3. The van der Waals surface area contributed by atoms with Crippen LogP contribution >= 0.6 is 0 Å². The molecule has 0 aromatic heterocycles. The molecule has 5 heteroatoms. The van der Waals surface area contributed by atoms with Crippen molar-refractivity contribution >= 4 is 5.78 Å². The van der Waals surface area contributed by atoms with Crippen molar-refractivity contribution in [3.63, 3.8) is 0 Å². The molecule has 0 heterocycles. The van der Waals surface area contributed by atoms with Crippen LogP contribution in [-0.4, -0.2) is 38.3 Å². The molecule has 1 N–H and O–H groups in total. The van der Waals surface area contributed by atoms with Crippen molar-refractivity contribution in [1.29, 1.82) is 0 Å². The Morgan fingerprint density at radius 3 is 2.13 bits per heavy atom. The van der Waals surface area contributed by atoms with E-state index in [1.54, 1.807) is 37.4 Å². The lowest BCUT2D eigenvalue weighted by atomic mass is 9.99. The van der Waals surface area contributed by atoms with Crippen LogP contribution in [-0.2, 0) is 6.42 Å². The number of Topliss-reactive ketones (excluding diaryl/α,β-unsaturated/α-hetero) is 1. The molecule has 5 nitrogen and oxygen atoms in total. The first-order chi connectivity index (χ1) is 11.1. The molecule has 0 fully saturated rings. The van der Waals surface area contributed by atoms with E-state index in [9.17, 15) is 9.90 Å². The summed E-state index contributed by atoms with van der Waals surface area (Å²) < 4.78 is 15.4. The van der Waals surface area contributed by atoms with Crippen molar-refractivity contribution in [3.8, 4) is 17.2 Å². The summed E-state index contributed by atoms with van der Waals surface area (Å²) in [5.41, 5.74) is 1.17. The highest BCUT2D eigenvalue weighted by atomic mass is 16.5. The number of hydrogen-bond acceptors (Lipinski definition) is 5. The molecule has 0 radical (unpaired) electrons. The third kappa shape index (κ3) is 4.02. The van der Waals surface area contributed by atoms with Gasteiger partial charge in [-0.2, -0.15) is 0 Å². The largest absolute Gasteiger partial charge is 0.497 e. The molecule has 0 saturated heterocycles. The second-order valence-corrected chi connectivity index (χ2v) is 5.00. The number of ether oxygens (including phenoxy) is 3. The first kappa shape index (κ1) is 16.8. The third-order valence-electron chi connectivity index (χ3n) is 3.56. The Kier molecular flexibility index (Phi) is 5.60. The zero-order chi connectivity index (χ0) is 16.8. The van der Waals surface area contributed by atoms with Gasteiger partial charge >= 0.3 is 0 Å². The van der Waals surface area contributed by atoms with Crippen LogP contribution in [0.25, 0.3) is 0 Å². The average Bonchev–Trinajstić information content (AvgIpc) is 2.61. The van der Waals surface area contributed by atoms with Crippen LogP contribution in [0.1, 0.15) is 15.9 Å². The van der Waals surface area contributed by atoms with Crippen molar-refractivity contribution in [2.75, 3.05) is 21.3 Å². The molecule has 23 heavy (non-hydrogen) atoms. The Labute approximate surface area is 135 Å². The van der Waals surface area contributed by atoms with Crippen LogP contribution in [0.3, 0.4) is 0 Å². The van der Waals surface area contributed by atoms with Crippen LogP contribution in [0, 0.1) is 0 Å². The van der Waals surface area contributed by atoms with Gasteiger partial charge < -0.3 is 19.3 Å². The van der Waals surface area contributed by atoms with Crippen molar-refractivity contribution in [1.82, 2.24) is 0 Å². The van der Waals surface area contributed by atoms with Gasteiger partial charge in [-0.25, -0.2) is 0 Å². The zero-order valence-electron chi connectivity index (χ0n) is 13.4. The van der Waals surface area contributed by atoms with Crippen molar-refractivity contribution in [3.05, 3.63) is 53.6 Å². The number of benzene rings is 2. The molecular formula is C18H20O5. The Morgan fingerprint density at radius 2 is 1.57 bits per heavy atom. The van der Waals surface area contributed by atoms with Crippen LogP contribution in [0.5, 0.6) is 17.2 Å². The van der Waals surface area contributed by atoms with Crippen LogP contribution in [0.4, 0.5) is 0 Å². The summed E-state index contributed by atoms with van der Waals surface area (Å²) in [6.07, 6.45) is -0.927. The van der Waals surface area contributed by atoms with E-state index >= 15 is 0 Å². The summed E-state index contributed by atoms with van der Waals surface area (Å²) >= 11 is 0. The summed E-state index contributed by atoms with van der Waals surface area (Å²) in [4.78, 5) is 12.5. The highest BCUT2D eigenvalue weighted by Gasteiger charge is 2.21. The summed E-state index contributed by atoms with van der Waals surface area (Å²) in [7, 11) is 4.60. The molecule has 0 aliphatic rings. The van der Waals surface area contributed by atoms with Crippen molar-refractivity contribution in [2.24, 2.45) is 0 Å². The minimum absolute atomic E-state index is 0.220. The predicted octanol–water partition coefficient (Wildman–Crippen LogP) is 2.50. The molecule has 0 bridgehead atoms. The third-order valence-corrected chi connectivity index (χ3v) is 3.56. The fourth-order valence-electron chi connectivity index (χ4n) is 2.26. The van der Waals surface area contributed by atoms with Crippen LogP contribution < -0.4 is 14.2 Å². The molecular weight excluding hydrogens is 296 g/mol. The van der Waals surface area contributed by atoms with Crippen LogP contribution in [0.2, 0.25) is 0 Å². The Bertz CT molecular complexity index is 664. The maximum absolute atomic E-state index is 12.5. The number of aliphatic hydroxyl groups is 1. The number of rotatable bonds is 7. The first-order valence-electron chi connectivity index (χ1n) is 7.16. The van der Waals surface area contributed by atoms with Gasteiger partial charge in [0, 0.05) is 12.5 Å². The molecule has 0 aliphatic carbocycles. The molecule has 122 valence electrons. The predicted molar refractivity (Wildman–Crippen MR) is 86.6 cm³/mol. The Balaban J connectivity index is 2.15. The van der Waals surface area contributed by atoms with Gasteiger partial charge in [-0.1, -0.05) is 12.1 Å². The van der Waals surface area contributed by atoms with E-state index in [0.29, 0.717) is 17.1 Å². The van der Waals surface area contributed by atoms with Gasteiger partial charge in [0.2, 0.25) is 0 Å². The summed E-state index contributed by atoms with van der Waals surface area (Å²) in [6.45, 7) is 0. The van der Waals surface area contributed by atoms with E-state index in [4.69, 9.17) is 14.2 Å². The minimum atomic E-state index is -1.15. The van der Waals surface area contributed by atoms with Gasteiger partial charge in [-0.05, 0) is 29.8 Å². The number of carbonyl (C=O) groups excluding carboxylic acids is 1. The Morgan fingerprint density at radius 1 is 0.957 bits per heavy atom. The normalized spacial score (nSPS) is 11.7. The topological polar surface area (TPSA) is 65.0 Å². The average molecular weight is 316 g/mol. The minimum Gasteiger partial charge on any atom is -0.497 e. The second-order valence-electron chi connectivity index (χ2n) is 5.00. The van der Waals surface area contributed by atoms with Gasteiger partial charge in [-0.15, -0.1) is 0 Å². The molecule has 1 atom stereocenters. The monoisotopic (exact) mass is 316 g/mol. The zero-order valence-corrected chi connectivity index (χ0v) is 13.4. The van der Waals surface area contributed by atoms with Gasteiger partial charge in [-0.3, -0.25) is 4.79 Å². The van der Waals surface area contributed by atoms with E-state index in [2.05, 4.69) is 0 Å². The van der Waals surface area contributed by atoms with Gasteiger partial charge in [0.25, 0.3) is 0 Å². The lowest BCUT2D eigenvalue weighted by Gasteiger charge is -2.14. The van der Waals surface area contributed by atoms with E-state index in [1.807, 2.05) is 12.1 Å². The van der Waals surface area contributed by atoms with Crippen molar-refractivity contribution in [2.45, 2.75) is 12.5 Å². The van der Waals surface area contributed by atoms with Gasteiger partial charge in [0.15, 0.2) is 5.78 Å². The standard InChI is InChI=1S/C18H20O5/c1-21-13-6-4-12(5-7-13)10-16(19)18(20)15-9-8-14(22-2)11-17(15)23-3/h4-9,11,16,19H,10H2,1-3H3/t16-/m1/s1. The molecule has 2 aromatic carbocycles. The Hall–Kier alpha value is -2.53. The van der Waals surface area contributed by atoms with E-state index < -0.39 is 6.10 Å². The fourth-order valence-corrected chi connectivity index (χ4v) is 2.26. The number of ketones is 1. The molecule has 0 saturated carbocycles. The number of hydrogen-bond donors (Lipinski definition) is 1. The van der Waals surface area contributed by atoms with E-state index in [1.165, 1.54) is 14.2 Å². The van der Waals surface area contributed by atoms with Crippen molar-refractivity contribution < 1.29 is 24.1 Å². The highest BCUT2D eigenvalue weighted by Crippen LogP contribution is 2.26. The summed E-state index contributed by atoms with van der Waals surface area (Å²) in [5, 5.41) is 10.2. The molecule has 2 aromatic rings. The van der Waals surface area contributed by atoms with Gasteiger partial charge in [0.05, 0.1) is 26.9 Å². The molecule has 0 aliphatic heterocycles. The smallest absolute Gasteiger partial charge is 0.195 e. The maximum atomic E-state index is 12.5. The summed E-state index contributed by atoms with van der Waals surface area (Å²) in [6, 6.07) is 12.1. The quantitative estimate of drug-likeness (QED) is 0.795. The lowest BCUT2D eigenvalue weighted by molar-refractivity contribution is 0.0744. The molecule has 0 spiro atoms. The fraction of sp³-hybridized carbons (Fsp3) is 0.278. The van der Waals surface area contributed by atoms with Crippen LogP contribution in [0.15, 0.2) is 42.5 Å². The maximum Gasteiger partial charge on any atom is 0.195 e. The SMILES string of the molecule is COc1ccc(C[C@@H](O)C(=O)c2ccc(OC)cc2OC)cc1. The highest BCUT2D eigenvalue weighted by molar-refractivity contribution is 6.02. The second kappa shape index (κ2) is 7.65. The first-order valence-corrected chi connectivity index (χ1v) is 7.16. The van der Waals surface area contributed by atoms with E-state index in [-0.39, 0.29) is 12.2 Å². The van der Waals surface area contributed by atoms with E-state index in [0.717, 1.165) is 11.3 Å². The molecule has 0 unspecified atom stereocenters. The lowest BCUT2D eigenvalue weighted by Crippen LogP contribution is -2.23.